The van der Waals surface area contributed by atoms with Gasteiger partial charge in [-0.05, 0) is 39.5 Å². The molecule has 1 unspecified atom stereocenters. The number of esters is 1. The normalized spacial score (nSPS) is 21.6. The molecule has 1 aliphatic heterocycles. The maximum absolute atomic E-state index is 11.6. The molecule has 18 heavy (non-hydrogen) atoms. The van der Waals surface area contributed by atoms with Gasteiger partial charge in [-0.2, -0.15) is 0 Å². The number of rotatable bonds is 5. The fourth-order valence-corrected chi connectivity index (χ4v) is 2.03. The Bertz CT molecular complexity index is 299. The van der Waals surface area contributed by atoms with Crippen LogP contribution < -0.4 is 0 Å². The Hall–Kier alpha value is -1.10. The SMILES string of the molecule is CC(C)(C)OC(=O)C[C@@H](CC1CCOC1)C(=O)O. The average Bonchev–Trinajstić information content (AvgIpc) is 2.66. The zero-order valence-corrected chi connectivity index (χ0v) is 11.3. The van der Waals surface area contributed by atoms with Crippen molar-refractivity contribution >= 4 is 11.9 Å². The van der Waals surface area contributed by atoms with Crippen LogP contribution in [0.15, 0.2) is 0 Å². The number of hydrogen-bond donors (Lipinski definition) is 1. The van der Waals surface area contributed by atoms with E-state index in [4.69, 9.17) is 14.6 Å². The van der Waals surface area contributed by atoms with Gasteiger partial charge in [-0.25, -0.2) is 0 Å². The summed E-state index contributed by atoms with van der Waals surface area (Å²) in [5.74, 6) is -1.82. The zero-order chi connectivity index (χ0) is 13.8. The Labute approximate surface area is 107 Å². The second-order valence-electron chi connectivity index (χ2n) is 5.79. The van der Waals surface area contributed by atoms with Crippen molar-refractivity contribution in [1.82, 2.24) is 0 Å². The van der Waals surface area contributed by atoms with Gasteiger partial charge in [0.1, 0.15) is 5.60 Å². The zero-order valence-electron chi connectivity index (χ0n) is 11.3. The minimum atomic E-state index is -0.937. The molecule has 5 nitrogen and oxygen atoms in total. The molecule has 5 heteroatoms. The van der Waals surface area contributed by atoms with Crippen molar-refractivity contribution in [2.24, 2.45) is 11.8 Å². The van der Waals surface area contributed by atoms with Crippen LogP contribution in [0, 0.1) is 11.8 Å². The van der Waals surface area contributed by atoms with Crippen molar-refractivity contribution in [2.75, 3.05) is 13.2 Å². The van der Waals surface area contributed by atoms with Crippen LogP contribution in [0.2, 0.25) is 0 Å². The summed E-state index contributed by atoms with van der Waals surface area (Å²) in [5, 5.41) is 9.13. The number of carbonyl (C=O) groups is 2. The second kappa shape index (κ2) is 6.18. The van der Waals surface area contributed by atoms with Crippen molar-refractivity contribution in [1.29, 1.82) is 0 Å². The molecule has 2 atom stereocenters. The Morgan fingerprint density at radius 1 is 1.44 bits per heavy atom. The van der Waals surface area contributed by atoms with Crippen LogP contribution >= 0.6 is 0 Å². The van der Waals surface area contributed by atoms with E-state index in [1.165, 1.54) is 0 Å². The van der Waals surface area contributed by atoms with E-state index in [9.17, 15) is 9.59 Å². The molecule has 0 spiro atoms. The third-order valence-electron chi connectivity index (χ3n) is 2.82. The van der Waals surface area contributed by atoms with Crippen LogP contribution in [0.3, 0.4) is 0 Å². The first kappa shape index (κ1) is 15.0. The quantitative estimate of drug-likeness (QED) is 0.762. The predicted molar refractivity (Wildman–Crippen MR) is 65.1 cm³/mol. The summed E-state index contributed by atoms with van der Waals surface area (Å²) >= 11 is 0. The van der Waals surface area contributed by atoms with Gasteiger partial charge in [-0.1, -0.05) is 0 Å². The highest BCUT2D eigenvalue weighted by Gasteiger charge is 2.29. The molecule has 0 amide bonds. The molecule has 0 aromatic carbocycles. The molecule has 0 aliphatic carbocycles. The van der Waals surface area contributed by atoms with E-state index in [1.807, 2.05) is 0 Å². The summed E-state index contributed by atoms with van der Waals surface area (Å²) in [4.78, 5) is 22.8. The van der Waals surface area contributed by atoms with E-state index in [2.05, 4.69) is 0 Å². The maximum atomic E-state index is 11.6. The Kier molecular flexibility index (Phi) is 5.14. The molecular weight excluding hydrogens is 236 g/mol. The van der Waals surface area contributed by atoms with Crippen LogP contribution in [0.1, 0.15) is 40.0 Å². The first-order valence-electron chi connectivity index (χ1n) is 6.30. The van der Waals surface area contributed by atoms with E-state index < -0.39 is 23.5 Å². The van der Waals surface area contributed by atoms with Gasteiger partial charge >= 0.3 is 11.9 Å². The number of carbonyl (C=O) groups excluding carboxylic acids is 1. The third kappa shape index (κ3) is 5.49. The molecule has 1 saturated heterocycles. The van der Waals surface area contributed by atoms with Gasteiger partial charge < -0.3 is 14.6 Å². The highest BCUT2D eigenvalue weighted by atomic mass is 16.6. The molecule has 1 fully saturated rings. The first-order valence-corrected chi connectivity index (χ1v) is 6.30. The summed E-state index contributed by atoms with van der Waals surface area (Å²) in [5.41, 5.74) is -0.573. The van der Waals surface area contributed by atoms with Crippen LogP contribution in [0.25, 0.3) is 0 Å². The Morgan fingerprint density at radius 3 is 2.56 bits per heavy atom. The Balaban J connectivity index is 2.46. The maximum Gasteiger partial charge on any atom is 0.307 e. The molecule has 1 rings (SSSR count). The third-order valence-corrected chi connectivity index (χ3v) is 2.82. The summed E-state index contributed by atoms with van der Waals surface area (Å²) in [6.45, 7) is 6.59. The molecule has 0 saturated carbocycles. The topological polar surface area (TPSA) is 72.8 Å². The lowest BCUT2D eigenvalue weighted by molar-refractivity contribution is -0.160. The van der Waals surface area contributed by atoms with Crippen LogP contribution in [0.4, 0.5) is 0 Å². The summed E-state index contributed by atoms with van der Waals surface area (Å²) in [6, 6.07) is 0. The van der Waals surface area contributed by atoms with Gasteiger partial charge in [0.25, 0.3) is 0 Å². The van der Waals surface area contributed by atoms with Gasteiger partial charge in [0.15, 0.2) is 0 Å². The lowest BCUT2D eigenvalue weighted by Gasteiger charge is -2.21. The highest BCUT2D eigenvalue weighted by molar-refractivity contribution is 5.78. The van der Waals surface area contributed by atoms with E-state index in [1.54, 1.807) is 20.8 Å². The van der Waals surface area contributed by atoms with Crippen molar-refractivity contribution in [3.05, 3.63) is 0 Å². The number of aliphatic carboxylic acids is 1. The highest BCUT2D eigenvalue weighted by Crippen LogP contribution is 2.24. The van der Waals surface area contributed by atoms with Crippen LogP contribution in [0.5, 0.6) is 0 Å². The number of carboxylic acids is 1. The predicted octanol–water partition coefficient (Wildman–Crippen LogP) is 1.85. The van der Waals surface area contributed by atoms with Gasteiger partial charge in [0.05, 0.1) is 12.3 Å². The van der Waals surface area contributed by atoms with Gasteiger partial charge in [0.2, 0.25) is 0 Å². The molecule has 1 aliphatic rings. The smallest absolute Gasteiger partial charge is 0.307 e. The minimum absolute atomic E-state index is 0.0664. The lowest BCUT2D eigenvalue weighted by atomic mass is 9.91. The van der Waals surface area contributed by atoms with Gasteiger partial charge in [-0.15, -0.1) is 0 Å². The fraction of sp³-hybridized carbons (Fsp3) is 0.846. The number of hydrogen-bond acceptors (Lipinski definition) is 4. The summed E-state index contributed by atoms with van der Waals surface area (Å²) in [6.07, 6.45) is 1.29. The first-order chi connectivity index (χ1) is 8.28. The molecule has 104 valence electrons. The lowest BCUT2D eigenvalue weighted by Crippen LogP contribution is -2.28. The monoisotopic (exact) mass is 258 g/mol. The van der Waals surface area contributed by atoms with Gasteiger partial charge in [0, 0.05) is 13.2 Å². The largest absolute Gasteiger partial charge is 0.481 e. The van der Waals surface area contributed by atoms with Gasteiger partial charge in [-0.3, -0.25) is 9.59 Å². The second-order valence-corrected chi connectivity index (χ2v) is 5.79. The standard InChI is InChI=1S/C13H22O5/c1-13(2,3)18-11(14)7-10(12(15)16)6-9-4-5-17-8-9/h9-10H,4-8H2,1-3H3,(H,15,16)/t9?,10-/m1/s1. The summed E-state index contributed by atoms with van der Waals surface area (Å²) in [7, 11) is 0. The molecule has 0 bridgehead atoms. The molecule has 0 radical (unpaired) electrons. The van der Waals surface area contributed by atoms with Crippen molar-refractivity contribution in [2.45, 2.75) is 45.6 Å². The van der Waals surface area contributed by atoms with E-state index in [0.717, 1.165) is 6.42 Å². The van der Waals surface area contributed by atoms with Crippen LogP contribution in [-0.2, 0) is 19.1 Å². The fourth-order valence-electron chi connectivity index (χ4n) is 2.03. The molecule has 1 heterocycles. The van der Waals surface area contributed by atoms with Crippen molar-refractivity contribution < 1.29 is 24.2 Å². The summed E-state index contributed by atoms with van der Waals surface area (Å²) < 4.78 is 10.4. The van der Waals surface area contributed by atoms with E-state index >= 15 is 0 Å². The molecule has 0 aromatic rings. The molecular formula is C13H22O5. The molecule has 1 N–H and O–H groups in total. The number of carboxylic acid groups (broad SMARTS) is 1. The average molecular weight is 258 g/mol. The minimum Gasteiger partial charge on any atom is -0.481 e. The van der Waals surface area contributed by atoms with E-state index in [0.29, 0.717) is 19.6 Å². The van der Waals surface area contributed by atoms with Crippen LogP contribution in [-0.4, -0.2) is 35.9 Å². The number of ether oxygens (including phenoxy) is 2. The van der Waals surface area contributed by atoms with Crippen molar-refractivity contribution in [3.63, 3.8) is 0 Å². The Morgan fingerprint density at radius 2 is 2.11 bits per heavy atom. The molecule has 0 aromatic heterocycles. The van der Waals surface area contributed by atoms with Crippen molar-refractivity contribution in [3.8, 4) is 0 Å². The van der Waals surface area contributed by atoms with E-state index in [-0.39, 0.29) is 12.3 Å².